The highest BCUT2D eigenvalue weighted by Gasteiger charge is 2.50. The maximum absolute atomic E-state index is 10.8. The van der Waals surface area contributed by atoms with Crippen molar-refractivity contribution in [2.24, 2.45) is 11.8 Å². The molecule has 11 atom stereocenters. The Bertz CT molecular complexity index is 634. The van der Waals surface area contributed by atoms with Crippen molar-refractivity contribution in [2.75, 3.05) is 35.5 Å². The Morgan fingerprint density at radius 2 is 1.55 bits per heavy atom. The fraction of sp³-hybridized carbons (Fsp3) is 0.840. The van der Waals surface area contributed by atoms with Crippen LogP contribution in [0.25, 0.3) is 0 Å². The standard InChI is InChI=1S/C25H44O8/c1-10-17(27-5)16(4)20-21(32-20)18(26)14(2)12-11-13-15(3)19-22(28-6)23(29-7)24(30-8)25(31-9)33-19/h11-14,16-26H,10H2,1-9H3/b12-11+,15-13+/t14-,16+,17-,18+,19+,20+,21+,22+,23-,24+,25-/m0/s1. The minimum atomic E-state index is -0.576. The minimum Gasteiger partial charge on any atom is -0.390 e. The van der Waals surface area contributed by atoms with Gasteiger partial charge in [-0.05, 0) is 18.9 Å². The van der Waals surface area contributed by atoms with Crippen LogP contribution in [0.2, 0.25) is 0 Å². The van der Waals surface area contributed by atoms with E-state index in [4.69, 9.17) is 33.2 Å². The zero-order valence-corrected chi connectivity index (χ0v) is 21.6. The third kappa shape index (κ3) is 6.64. The van der Waals surface area contributed by atoms with E-state index in [0.29, 0.717) is 0 Å². The molecule has 2 rings (SSSR count). The molecule has 0 bridgehead atoms. The maximum atomic E-state index is 10.8. The first kappa shape index (κ1) is 28.4. The van der Waals surface area contributed by atoms with Crippen molar-refractivity contribution in [1.29, 1.82) is 0 Å². The molecule has 8 nitrogen and oxygen atoms in total. The minimum absolute atomic E-state index is 0.0295. The molecule has 8 heteroatoms. The zero-order valence-electron chi connectivity index (χ0n) is 21.6. The van der Waals surface area contributed by atoms with Gasteiger partial charge in [0.05, 0.1) is 18.3 Å². The van der Waals surface area contributed by atoms with Crippen LogP contribution in [0.15, 0.2) is 23.8 Å². The maximum Gasteiger partial charge on any atom is 0.186 e. The molecule has 0 radical (unpaired) electrons. The fourth-order valence-electron chi connectivity index (χ4n) is 4.83. The van der Waals surface area contributed by atoms with E-state index < -0.39 is 18.5 Å². The summed E-state index contributed by atoms with van der Waals surface area (Å²) in [5.41, 5.74) is 0.957. The number of hydrogen-bond acceptors (Lipinski definition) is 8. The van der Waals surface area contributed by atoms with E-state index in [1.54, 1.807) is 35.5 Å². The van der Waals surface area contributed by atoms with Crippen molar-refractivity contribution in [3.8, 4) is 0 Å². The van der Waals surface area contributed by atoms with Gasteiger partial charge in [-0.1, -0.05) is 39.0 Å². The van der Waals surface area contributed by atoms with Gasteiger partial charge in [-0.25, -0.2) is 0 Å². The number of allylic oxidation sites excluding steroid dienone is 2. The Morgan fingerprint density at radius 1 is 0.909 bits per heavy atom. The summed E-state index contributed by atoms with van der Waals surface area (Å²) in [6, 6.07) is 0. The zero-order chi connectivity index (χ0) is 24.7. The molecule has 2 saturated heterocycles. The van der Waals surface area contributed by atoms with Crippen LogP contribution >= 0.6 is 0 Å². The second-order valence-corrected chi connectivity index (χ2v) is 9.01. The molecule has 0 aliphatic carbocycles. The third-order valence-electron chi connectivity index (χ3n) is 7.01. The van der Waals surface area contributed by atoms with Crippen LogP contribution in [-0.2, 0) is 33.2 Å². The summed E-state index contributed by atoms with van der Waals surface area (Å²) in [4.78, 5) is 0. The van der Waals surface area contributed by atoms with E-state index >= 15 is 0 Å². The SMILES string of the molecule is CC[C@H](OC)[C@@H](C)[C@H]1O[C@@H]1[C@H](O)[C@@H](C)/C=C/C=C(\C)[C@H]1O[C@H](OC)[C@H](OC)[C@@H](OC)[C@@H]1OC. The number of aliphatic hydroxyl groups is 1. The van der Waals surface area contributed by atoms with Gasteiger partial charge in [-0.2, -0.15) is 0 Å². The molecule has 0 amide bonds. The quantitative estimate of drug-likeness (QED) is 0.323. The van der Waals surface area contributed by atoms with Crippen LogP contribution in [0, 0.1) is 11.8 Å². The Kier molecular flexibility index (Phi) is 11.4. The van der Waals surface area contributed by atoms with Crippen molar-refractivity contribution in [1.82, 2.24) is 0 Å². The number of ether oxygens (including phenoxy) is 7. The van der Waals surface area contributed by atoms with Crippen LogP contribution in [0.5, 0.6) is 0 Å². The lowest BCUT2D eigenvalue weighted by atomic mass is 9.91. The van der Waals surface area contributed by atoms with Crippen LogP contribution < -0.4 is 0 Å². The molecule has 2 heterocycles. The van der Waals surface area contributed by atoms with Crippen LogP contribution in [-0.4, -0.2) is 95.8 Å². The Hall–Kier alpha value is -0.840. The highest BCUT2D eigenvalue weighted by Crippen LogP contribution is 2.37. The predicted octanol–water partition coefficient (Wildman–Crippen LogP) is 2.73. The van der Waals surface area contributed by atoms with Crippen LogP contribution in [0.4, 0.5) is 0 Å². The molecule has 33 heavy (non-hydrogen) atoms. The highest BCUT2D eigenvalue weighted by molar-refractivity contribution is 5.19. The number of rotatable bonds is 13. The van der Waals surface area contributed by atoms with Gasteiger partial charge in [0, 0.05) is 47.4 Å². The molecular formula is C25H44O8. The van der Waals surface area contributed by atoms with Gasteiger partial charge in [-0.3, -0.25) is 0 Å². The first-order valence-corrected chi connectivity index (χ1v) is 11.8. The van der Waals surface area contributed by atoms with Crippen molar-refractivity contribution >= 4 is 0 Å². The van der Waals surface area contributed by atoms with Crippen molar-refractivity contribution < 1.29 is 38.3 Å². The van der Waals surface area contributed by atoms with Crippen molar-refractivity contribution in [3.05, 3.63) is 23.8 Å². The number of aliphatic hydroxyl groups excluding tert-OH is 1. The van der Waals surface area contributed by atoms with Crippen LogP contribution in [0.3, 0.4) is 0 Å². The van der Waals surface area contributed by atoms with E-state index in [-0.39, 0.29) is 48.5 Å². The summed E-state index contributed by atoms with van der Waals surface area (Å²) in [7, 11) is 8.17. The monoisotopic (exact) mass is 472 g/mol. The average molecular weight is 473 g/mol. The Balaban J connectivity index is 2.02. The third-order valence-corrected chi connectivity index (χ3v) is 7.01. The fourth-order valence-corrected chi connectivity index (χ4v) is 4.83. The summed E-state index contributed by atoms with van der Waals surface area (Å²) >= 11 is 0. The van der Waals surface area contributed by atoms with E-state index in [9.17, 15) is 5.11 Å². The molecule has 0 aromatic carbocycles. The lowest BCUT2D eigenvalue weighted by Crippen LogP contribution is -2.60. The lowest BCUT2D eigenvalue weighted by molar-refractivity contribution is -0.295. The van der Waals surface area contributed by atoms with Crippen LogP contribution in [0.1, 0.15) is 34.1 Å². The second-order valence-electron chi connectivity index (χ2n) is 9.01. The molecule has 0 aromatic rings. The summed E-state index contributed by atoms with van der Waals surface area (Å²) in [6.45, 7) is 8.18. The molecule has 0 spiro atoms. The lowest BCUT2D eigenvalue weighted by Gasteiger charge is -2.44. The normalized spacial score (nSPS) is 36.5. The summed E-state index contributed by atoms with van der Waals surface area (Å²) in [6.07, 6.45) is 4.20. The summed E-state index contributed by atoms with van der Waals surface area (Å²) in [5, 5.41) is 10.8. The summed E-state index contributed by atoms with van der Waals surface area (Å²) in [5.74, 6) is 0.173. The van der Waals surface area contributed by atoms with E-state index in [1.165, 1.54) is 0 Å². The Labute approximate surface area is 199 Å². The largest absolute Gasteiger partial charge is 0.390 e. The van der Waals surface area contributed by atoms with Gasteiger partial charge in [0.1, 0.15) is 30.5 Å². The molecule has 2 aliphatic rings. The van der Waals surface area contributed by atoms with Gasteiger partial charge < -0.3 is 38.3 Å². The van der Waals surface area contributed by atoms with Gasteiger partial charge in [0.2, 0.25) is 0 Å². The van der Waals surface area contributed by atoms with Gasteiger partial charge >= 0.3 is 0 Å². The Morgan fingerprint density at radius 3 is 2.06 bits per heavy atom. The van der Waals surface area contributed by atoms with Gasteiger partial charge in [0.15, 0.2) is 6.29 Å². The number of epoxide rings is 1. The van der Waals surface area contributed by atoms with E-state index in [2.05, 4.69) is 13.8 Å². The molecular weight excluding hydrogens is 428 g/mol. The predicted molar refractivity (Wildman–Crippen MR) is 125 cm³/mol. The summed E-state index contributed by atoms with van der Waals surface area (Å²) < 4.78 is 39.9. The van der Waals surface area contributed by atoms with Crippen molar-refractivity contribution in [2.45, 2.75) is 89.2 Å². The topological polar surface area (TPSA) is 88.1 Å². The number of methoxy groups -OCH3 is 5. The van der Waals surface area contributed by atoms with Crippen molar-refractivity contribution in [3.63, 3.8) is 0 Å². The van der Waals surface area contributed by atoms with E-state index in [1.807, 2.05) is 32.1 Å². The van der Waals surface area contributed by atoms with Gasteiger partial charge in [0.25, 0.3) is 0 Å². The number of hydrogen-bond donors (Lipinski definition) is 1. The van der Waals surface area contributed by atoms with Gasteiger partial charge in [-0.15, -0.1) is 0 Å². The molecule has 2 fully saturated rings. The molecule has 0 aromatic heterocycles. The second kappa shape index (κ2) is 13.3. The highest BCUT2D eigenvalue weighted by atomic mass is 16.7. The first-order valence-electron chi connectivity index (χ1n) is 11.8. The molecule has 0 unspecified atom stereocenters. The first-order chi connectivity index (χ1) is 15.8. The average Bonchev–Trinajstić information content (AvgIpc) is 3.63. The molecule has 0 saturated carbocycles. The molecule has 2 aliphatic heterocycles. The molecule has 1 N–H and O–H groups in total. The molecule has 192 valence electrons. The smallest absolute Gasteiger partial charge is 0.186 e. The van der Waals surface area contributed by atoms with E-state index in [0.717, 1.165) is 12.0 Å².